The molecule has 1 aliphatic heterocycles. The number of nitrogens with one attached hydrogen (secondary N) is 1. The molecule has 10 nitrogen and oxygen atoms in total. The van der Waals surface area contributed by atoms with Crippen LogP contribution < -0.4 is 5.32 Å². The van der Waals surface area contributed by atoms with Gasteiger partial charge in [-0.1, -0.05) is 0 Å². The van der Waals surface area contributed by atoms with Gasteiger partial charge in [0.05, 0.1) is 22.1 Å². The van der Waals surface area contributed by atoms with Crippen molar-refractivity contribution in [2.45, 2.75) is 37.8 Å². The van der Waals surface area contributed by atoms with E-state index in [1.807, 2.05) is 13.0 Å². The molecule has 3 rings (SSSR count). The van der Waals surface area contributed by atoms with Crippen molar-refractivity contribution in [2.24, 2.45) is 5.92 Å². The maximum absolute atomic E-state index is 12.7. The minimum Gasteiger partial charge on any atom is -0.350 e. The smallest absolute Gasteiger partial charge is 0.269 e. The average Bonchev–Trinajstić information content (AvgIpc) is 3.19. The number of aryl methyl sites for hydroxylation is 1. The Morgan fingerprint density at radius 2 is 1.90 bits per heavy atom. The largest absolute Gasteiger partial charge is 0.350 e. The Balaban J connectivity index is 1.56. The number of nitro groups is 1. The maximum atomic E-state index is 12.7. The molecule has 1 N–H and O–H groups in total. The van der Waals surface area contributed by atoms with Crippen LogP contribution in [0.4, 0.5) is 5.69 Å². The molecule has 0 unspecified atom stereocenters. The van der Waals surface area contributed by atoms with E-state index in [0.29, 0.717) is 19.4 Å². The van der Waals surface area contributed by atoms with Crippen LogP contribution in [0.5, 0.6) is 0 Å². The Labute approximate surface area is 168 Å². The number of hydrogen-bond donors (Lipinski definition) is 1. The van der Waals surface area contributed by atoms with Gasteiger partial charge in [0, 0.05) is 43.9 Å². The number of benzene rings is 1. The first kappa shape index (κ1) is 20.9. The lowest BCUT2D eigenvalue weighted by Gasteiger charge is -2.30. The number of non-ortho nitro benzene ring substituents is 1. The number of hydrogen-bond acceptors (Lipinski definition) is 6. The van der Waals surface area contributed by atoms with Gasteiger partial charge in [-0.3, -0.25) is 19.6 Å². The number of nitro benzene ring substituents is 1. The second kappa shape index (κ2) is 8.70. The number of sulfonamides is 1. The molecule has 156 valence electrons. The Hall–Kier alpha value is -2.79. The predicted octanol–water partition coefficient (Wildman–Crippen LogP) is 1.53. The summed E-state index contributed by atoms with van der Waals surface area (Å²) >= 11 is 0. The molecule has 0 atom stereocenters. The molecule has 0 radical (unpaired) electrons. The Kier molecular flexibility index (Phi) is 6.28. The molecule has 1 fully saturated rings. The standard InChI is InChI=1S/C18H23N5O5S/c1-2-22-16(7-10-20-22)13-19-18(24)14-8-11-21(12-9-14)29(27,28)17-5-3-15(4-6-17)23(25)26/h3-7,10,14H,2,8-9,11-13H2,1H3,(H,19,24). The highest BCUT2D eigenvalue weighted by Crippen LogP contribution is 2.25. The van der Waals surface area contributed by atoms with Gasteiger partial charge in [0.1, 0.15) is 0 Å². The first-order valence-electron chi connectivity index (χ1n) is 9.36. The quantitative estimate of drug-likeness (QED) is 0.533. The SMILES string of the molecule is CCn1nccc1CNC(=O)C1CCN(S(=O)(=O)c2ccc([N+](=O)[O-])cc2)CC1. The average molecular weight is 421 g/mol. The number of rotatable bonds is 7. The zero-order valence-electron chi connectivity index (χ0n) is 16.0. The molecular weight excluding hydrogens is 398 g/mol. The molecule has 0 bridgehead atoms. The van der Waals surface area contributed by atoms with Crippen molar-refractivity contribution in [3.8, 4) is 0 Å². The van der Waals surface area contributed by atoms with E-state index < -0.39 is 14.9 Å². The summed E-state index contributed by atoms with van der Waals surface area (Å²) in [5, 5.41) is 17.8. The van der Waals surface area contributed by atoms with Crippen LogP contribution in [0.2, 0.25) is 0 Å². The molecule has 0 spiro atoms. The number of nitrogens with zero attached hydrogens (tertiary/aromatic N) is 4. The second-order valence-corrected chi connectivity index (χ2v) is 8.72. The third-order valence-electron chi connectivity index (χ3n) is 5.06. The Morgan fingerprint density at radius 3 is 2.48 bits per heavy atom. The molecule has 1 aromatic carbocycles. The first-order valence-corrected chi connectivity index (χ1v) is 10.8. The van der Waals surface area contributed by atoms with E-state index in [9.17, 15) is 23.3 Å². The van der Waals surface area contributed by atoms with Crippen molar-refractivity contribution in [1.29, 1.82) is 0 Å². The number of piperidine rings is 1. The van der Waals surface area contributed by atoms with E-state index in [1.165, 1.54) is 28.6 Å². The fourth-order valence-corrected chi connectivity index (χ4v) is 4.83. The van der Waals surface area contributed by atoms with Crippen LogP contribution in [-0.4, -0.2) is 46.4 Å². The van der Waals surface area contributed by atoms with Crippen molar-refractivity contribution in [1.82, 2.24) is 19.4 Å². The molecule has 2 aromatic rings. The predicted molar refractivity (Wildman–Crippen MR) is 104 cm³/mol. The molecule has 0 aliphatic carbocycles. The highest BCUT2D eigenvalue weighted by Gasteiger charge is 2.32. The molecular formula is C18H23N5O5S. The summed E-state index contributed by atoms with van der Waals surface area (Å²) in [6.07, 6.45) is 2.53. The second-order valence-electron chi connectivity index (χ2n) is 6.79. The number of aromatic nitrogens is 2. The van der Waals surface area contributed by atoms with Crippen LogP contribution in [0, 0.1) is 16.0 Å². The van der Waals surface area contributed by atoms with E-state index in [2.05, 4.69) is 10.4 Å². The van der Waals surface area contributed by atoms with Crippen molar-refractivity contribution in [3.63, 3.8) is 0 Å². The van der Waals surface area contributed by atoms with Gasteiger partial charge in [-0.2, -0.15) is 9.40 Å². The van der Waals surface area contributed by atoms with Crippen molar-refractivity contribution < 1.29 is 18.1 Å². The van der Waals surface area contributed by atoms with Crippen LogP contribution in [-0.2, 0) is 27.9 Å². The monoisotopic (exact) mass is 421 g/mol. The summed E-state index contributed by atoms with van der Waals surface area (Å²) in [5.74, 6) is -0.349. The summed E-state index contributed by atoms with van der Waals surface area (Å²) in [5.41, 5.74) is 0.753. The van der Waals surface area contributed by atoms with Gasteiger partial charge < -0.3 is 5.32 Å². The summed E-state index contributed by atoms with van der Waals surface area (Å²) in [4.78, 5) is 22.6. The summed E-state index contributed by atoms with van der Waals surface area (Å²) in [6.45, 7) is 3.53. The molecule has 2 heterocycles. The topological polar surface area (TPSA) is 127 Å². The highest BCUT2D eigenvalue weighted by atomic mass is 32.2. The first-order chi connectivity index (χ1) is 13.8. The molecule has 0 saturated carbocycles. The zero-order valence-corrected chi connectivity index (χ0v) is 16.8. The van der Waals surface area contributed by atoms with E-state index in [-0.39, 0.29) is 35.5 Å². The lowest BCUT2D eigenvalue weighted by molar-refractivity contribution is -0.384. The van der Waals surface area contributed by atoms with Crippen molar-refractivity contribution >= 4 is 21.6 Å². The van der Waals surface area contributed by atoms with E-state index in [0.717, 1.165) is 12.2 Å². The highest BCUT2D eigenvalue weighted by molar-refractivity contribution is 7.89. The third kappa shape index (κ3) is 4.62. The van der Waals surface area contributed by atoms with Gasteiger partial charge in [-0.05, 0) is 38.0 Å². The zero-order chi connectivity index (χ0) is 21.0. The fourth-order valence-electron chi connectivity index (χ4n) is 3.36. The van der Waals surface area contributed by atoms with Gasteiger partial charge in [0.2, 0.25) is 15.9 Å². The normalized spacial score (nSPS) is 15.9. The molecule has 1 amide bonds. The minimum absolute atomic E-state index is 0.0128. The number of carbonyl (C=O) groups is 1. The molecule has 1 aliphatic rings. The number of carbonyl (C=O) groups excluding carboxylic acids is 1. The van der Waals surface area contributed by atoms with Gasteiger partial charge in [-0.15, -0.1) is 0 Å². The molecule has 1 aromatic heterocycles. The van der Waals surface area contributed by atoms with Crippen LogP contribution in [0.1, 0.15) is 25.5 Å². The summed E-state index contributed by atoms with van der Waals surface area (Å²) in [7, 11) is -3.74. The summed E-state index contributed by atoms with van der Waals surface area (Å²) in [6, 6.07) is 6.68. The van der Waals surface area contributed by atoms with E-state index >= 15 is 0 Å². The van der Waals surface area contributed by atoms with Gasteiger partial charge in [0.25, 0.3) is 5.69 Å². The fraction of sp³-hybridized carbons (Fsp3) is 0.444. The van der Waals surface area contributed by atoms with Crippen LogP contribution in [0.15, 0.2) is 41.4 Å². The van der Waals surface area contributed by atoms with E-state index in [1.54, 1.807) is 10.9 Å². The molecule has 11 heteroatoms. The Bertz CT molecular complexity index is 978. The van der Waals surface area contributed by atoms with Gasteiger partial charge >= 0.3 is 0 Å². The lowest BCUT2D eigenvalue weighted by Crippen LogP contribution is -2.43. The van der Waals surface area contributed by atoms with Crippen LogP contribution >= 0.6 is 0 Å². The molecule has 1 saturated heterocycles. The van der Waals surface area contributed by atoms with Crippen molar-refractivity contribution in [3.05, 3.63) is 52.3 Å². The Morgan fingerprint density at radius 1 is 1.24 bits per heavy atom. The third-order valence-corrected chi connectivity index (χ3v) is 6.97. The van der Waals surface area contributed by atoms with Crippen LogP contribution in [0.25, 0.3) is 0 Å². The molecule has 29 heavy (non-hydrogen) atoms. The van der Waals surface area contributed by atoms with Crippen molar-refractivity contribution in [2.75, 3.05) is 13.1 Å². The van der Waals surface area contributed by atoms with Crippen LogP contribution in [0.3, 0.4) is 0 Å². The van der Waals surface area contributed by atoms with Gasteiger partial charge in [0.15, 0.2) is 0 Å². The number of amides is 1. The van der Waals surface area contributed by atoms with Gasteiger partial charge in [-0.25, -0.2) is 8.42 Å². The summed E-state index contributed by atoms with van der Waals surface area (Å²) < 4.78 is 28.6. The van der Waals surface area contributed by atoms with E-state index in [4.69, 9.17) is 0 Å². The minimum atomic E-state index is -3.74. The maximum Gasteiger partial charge on any atom is 0.269 e. The lowest BCUT2D eigenvalue weighted by atomic mass is 9.97.